The fraction of sp³-hybridized carbons (Fsp3) is 0.250. The molecule has 0 saturated heterocycles. The Morgan fingerprint density at radius 3 is 2.86 bits per heavy atom. The fourth-order valence-electron chi connectivity index (χ4n) is 0.330. The highest BCUT2D eigenvalue weighted by Gasteiger charge is 1.94. The minimum absolute atomic E-state index is 0.0347. The molecule has 3 heteroatoms. The Labute approximate surface area is 41.3 Å². The highest BCUT2D eigenvalue weighted by molar-refractivity contribution is 5.80. The molecule has 0 unspecified atom stereocenters. The summed E-state index contributed by atoms with van der Waals surface area (Å²) in [4.78, 5) is 0. The van der Waals surface area contributed by atoms with Crippen LogP contribution in [0.1, 0.15) is 0 Å². The summed E-state index contributed by atoms with van der Waals surface area (Å²) >= 11 is 0. The van der Waals surface area contributed by atoms with E-state index in [2.05, 4.69) is 10.5 Å². The van der Waals surface area contributed by atoms with Gasteiger partial charge >= 0.3 is 0 Å². The first-order valence-corrected chi connectivity index (χ1v) is 1.96. The lowest BCUT2D eigenvalue weighted by Crippen LogP contribution is -1.86. The van der Waals surface area contributed by atoms with E-state index in [1.165, 1.54) is 12.4 Å². The van der Waals surface area contributed by atoms with Gasteiger partial charge in [0, 0.05) is 5.57 Å². The molecule has 0 amide bonds. The van der Waals surface area contributed by atoms with E-state index in [1.807, 2.05) is 0 Å². The van der Waals surface area contributed by atoms with Gasteiger partial charge in [0.25, 0.3) is 0 Å². The predicted octanol–water partition coefficient (Wildman–Crippen LogP) is -0.534. The van der Waals surface area contributed by atoms with Crippen LogP contribution >= 0.6 is 0 Å². The van der Waals surface area contributed by atoms with Crippen LogP contribution < -0.4 is 5.43 Å². The van der Waals surface area contributed by atoms with Gasteiger partial charge < -0.3 is 5.11 Å². The van der Waals surface area contributed by atoms with Crippen LogP contribution in [0.4, 0.5) is 0 Å². The first kappa shape index (κ1) is 4.33. The molecule has 1 aliphatic rings. The Kier molecular flexibility index (Phi) is 1.08. The molecule has 37 valence electrons. The summed E-state index contributed by atoms with van der Waals surface area (Å²) in [5.74, 6) is 0. The number of aliphatic hydroxyl groups excluding tert-OH is 1. The van der Waals surface area contributed by atoms with E-state index in [9.17, 15) is 0 Å². The molecule has 3 nitrogen and oxygen atoms in total. The van der Waals surface area contributed by atoms with E-state index in [-0.39, 0.29) is 6.61 Å². The van der Waals surface area contributed by atoms with Gasteiger partial charge in [-0.2, -0.15) is 10.5 Å². The summed E-state index contributed by atoms with van der Waals surface area (Å²) in [5, 5.41) is 11.8. The average Bonchev–Trinajstić information content (AvgIpc) is 2.14. The van der Waals surface area contributed by atoms with E-state index in [4.69, 9.17) is 5.11 Å². The van der Waals surface area contributed by atoms with Crippen LogP contribution in [-0.2, 0) is 0 Å². The molecule has 1 heterocycles. The zero-order valence-corrected chi connectivity index (χ0v) is 3.70. The van der Waals surface area contributed by atoms with Crippen LogP contribution in [0.25, 0.3) is 0 Å². The third-order valence-electron chi connectivity index (χ3n) is 0.696. The second-order valence-electron chi connectivity index (χ2n) is 1.22. The van der Waals surface area contributed by atoms with Crippen LogP contribution in [0.2, 0.25) is 0 Å². The molecule has 0 saturated carbocycles. The van der Waals surface area contributed by atoms with Crippen LogP contribution in [-0.4, -0.2) is 17.9 Å². The molecular formula is C4H5N2O. The molecule has 0 aromatic rings. The van der Waals surface area contributed by atoms with E-state index in [1.54, 1.807) is 0 Å². The van der Waals surface area contributed by atoms with Crippen molar-refractivity contribution < 1.29 is 5.11 Å². The standard InChI is InChI=1S/C4H5N2O/c7-3-4-1-5-6-2-4/h1-2,7H,3H2. The molecule has 1 N–H and O–H groups in total. The molecule has 0 spiro atoms. The number of hydrogen-bond donors (Lipinski definition) is 1. The summed E-state index contributed by atoms with van der Waals surface area (Å²) in [6, 6.07) is 0. The van der Waals surface area contributed by atoms with Crippen molar-refractivity contribution in [1.82, 2.24) is 5.43 Å². The van der Waals surface area contributed by atoms with Crippen molar-refractivity contribution in [2.75, 3.05) is 6.61 Å². The minimum Gasteiger partial charge on any atom is -0.392 e. The monoisotopic (exact) mass is 97.0 g/mol. The van der Waals surface area contributed by atoms with Crippen LogP contribution in [0, 0.1) is 0 Å². The zero-order chi connectivity index (χ0) is 5.11. The van der Waals surface area contributed by atoms with Gasteiger partial charge in [0.1, 0.15) is 0 Å². The van der Waals surface area contributed by atoms with Gasteiger partial charge in [-0.1, -0.05) is 0 Å². The molecule has 1 aliphatic heterocycles. The maximum absolute atomic E-state index is 8.35. The molecule has 1 rings (SSSR count). The maximum Gasteiger partial charge on any atom is 0.0713 e. The molecular weight excluding hydrogens is 92.1 g/mol. The SMILES string of the molecule is OCC1=C[N]N=C1. The van der Waals surface area contributed by atoms with Crippen LogP contribution in [0.5, 0.6) is 0 Å². The van der Waals surface area contributed by atoms with Gasteiger partial charge in [0.2, 0.25) is 0 Å². The van der Waals surface area contributed by atoms with Crippen LogP contribution in [0.15, 0.2) is 16.9 Å². The van der Waals surface area contributed by atoms with Gasteiger partial charge in [0.05, 0.1) is 19.0 Å². The Morgan fingerprint density at radius 1 is 1.71 bits per heavy atom. The molecule has 7 heavy (non-hydrogen) atoms. The van der Waals surface area contributed by atoms with Gasteiger partial charge in [-0.25, -0.2) is 0 Å². The Balaban J connectivity index is 2.52. The lowest BCUT2D eigenvalue weighted by Gasteiger charge is -1.79. The third-order valence-corrected chi connectivity index (χ3v) is 0.696. The predicted molar refractivity (Wildman–Crippen MR) is 25.8 cm³/mol. The normalized spacial score (nSPS) is 16.4. The molecule has 0 aromatic carbocycles. The molecule has 0 atom stereocenters. The lowest BCUT2D eigenvalue weighted by atomic mass is 10.3. The van der Waals surface area contributed by atoms with Crippen molar-refractivity contribution in [3.63, 3.8) is 0 Å². The van der Waals surface area contributed by atoms with E-state index >= 15 is 0 Å². The topological polar surface area (TPSA) is 46.7 Å². The van der Waals surface area contributed by atoms with Crippen molar-refractivity contribution in [3.8, 4) is 0 Å². The Bertz CT molecular complexity index is 117. The maximum atomic E-state index is 8.35. The highest BCUT2D eigenvalue weighted by atomic mass is 16.3. The molecule has 1 radical (unpaired) electrons. The van der Waals surface area contributed by atoms with Gasteiger partial charge in [0.15, 0.2) is 0 Å². The zero-order valence-electron chi connectivity index (χ0n) is 3.70. The summed E-state index contributed by atoms with van der Waals surface area (Å²) < 4.78 is 0. The number of rotatable bonds is 1. The second-order valence-corrected chi connectivity index (χ2v) is 1.22. The van der Waals surface area contributed by atoms with Crippen molar-refractivity contribution >= 4 is 6.21 Å². The fourth-order valence-corrected chi connectivity index (χ4v) is 0.330. The average molecular weight is 97.1 g/mol. The largest absolute Gasteiger partial charge is 0.392 e. The minimum atomic E-state index is 0.0347. The van der Waals surface area contributed by atoms with Crippen molar-refractivity contribution in [2.24, 2.45) is 5.10 Å². The van der Waals surface area contributed by atoms with Gasteiger partial charge in [-0.3, -0.25) is 0 Å². The van der Waals surface area contributed by atoms with E-state index in [0.29, 0.717) is 0 Å². The summed E-state index contributed by atoms with van der Waals surface area (Å²) in [6.07, 6.45) is 3.06. The van der Waals surface area contributed by atoms with Crippen molar-refractivity contribution in [3.05, 3.63) is 11.8 Å². The van der Waals surface area contributed by atoms with Gasteiger partial charge in [-0.15, -0.1) is 0 Å². The smallest absolute Gasteiger partial charge is 0.0713 e. The van der Waals surface area contributed by atoms with Crippen LogP contribution in [0.3, 0.4) is 0 Å². The Morgan fingerprint density at radius 2 is 2.57 bits per heavy atom. The second kappa shape index (κ2) is 1.75. The first-order valence-electron chi connectivity index (χ1n) is 1.96. The number of nitrogens with zero attached hydrogens (tertiary/aromatic N) is 2. The summed E-state index contributed by atoms with van der Waals surface area (Å²) in [6.45, 7) is 0.0347. The molecule has 0 aromatic heterocycles. The van der Waals surface area contributed by atoms with Crippen molar-refractivity contribution in [2.45, 2.75) is 0 Å². The van der Waals surface area contributed by atoms with E-state index in [0.717, 1.165) is 5.57 Å². The quantitative estimate of drug-likeness (QED) is 0.469. The molecule has 0 fully saturated rings. The Hall–Kier alpha value is -0.830. The first-order chi connectivity index (χ1) is 3.43. The number of aliphatic hydroxyl groups is 1. The van der Waals surface area contributed by atoms with Gasteiger partial charge in [-0.05, 0) is 0 Å². The highest BCUT2D eigenvalue weighted by Crippen LogP contribution is 1.91. The van der Waals surface area contributed by atoms with E-state index < -0.39 is 0 Å². The number of hydrogen-bond acceptors (Lipinski definition) is 2. The molecule has 0 bridgehead atoms. The molecule has 0 aliphatic carbocycles. The summed E-state index contributed by atoms with van der Waals surface area (Å²) in [5.41, 5.74) is 4.25. The van der Waals surface area contributed by atoms with Crippen molar-refractivity contribution in [1.29, 1.82) is 0 Å². The summed E-state index contributed by atoms with van der Waals surface area (Å²) in [7, 11) is 0. The lowest BCUT2D eigenvalue weighted by molar-refractivity contribution is 0.337. The third kappa shape index (κ3) is 0.778.